The molecule has 0 saturated carbocycles. The summed E-state index contributed by atoms with van der Waals surface area (Å²) in [7, 11) is 0. The van der Waals surface area contributed by atoms with Crippen LogP contribution < -0.4 is 5.73 Å². The Morgan fingerprint density at radius 2 is 2.25 bits per heavy atom. The van der Waals surface area contributed by atoms with Crippen molar-refractivity contribution < 1.29 is 0 Å². The summed E-state index contributed by atoms with van der Waals surface area (Å²) in [6.45, 7) is 5.56. The predicted molar refractivity (Wildman–Crippen MR) is 65.7 cm³/mol. The first-order chi connectivity index (χ1) is 7.72. The van der Waals surface area contributed by atoms with E-state index in [1.165, 1.54) is 11.3 Å². The van der Waals surface area contributed by atoms with Crippen molar-refractivity contribution in [3.05, 3.63) is 33.5 Å². The first-order valence-corrected chi connectivity index (χ1v) is 6.21. The third kappa shape index (κ3) is 2.15. The maximum atomic E-state index is 5.60. The summed E-state index contributed by atoms with van der Waals surface area (Å²) < 4.78 is 2.01. The Morgan fingerprint density at radius 1 is 1.44 bits per heavy atom. The first-order valence-electron chi connectivity index (χ1n) is 5.33. The van der Waals surface area contributed by atoms with E-state index in [0.29, 0.717) is 6.54 Å². The lowest BCUT2D eigenvalue weighted by atomic mass is 10.1. The molecule has 2 aromatic heterocycles. The van der Waals surface area contributed by atoms with E-state index in [-0.39, 0.29) is 0 Å². The standard InChI is InChI=1S/C11H16N4S/c1-8-10(3-4-12)9(2)15(14-8)7-11-13-5-6-16-11/h5-6H,3-4,7,12H2,1-2H3. The molecule has 0 fully saturated rings. The molecule has 0 radical (unpaired) electrons. The molecule has 0 aliphatic heterocycles. The Kier molecular flexibility index (Phi) is 3.36. The second-order valence-corrected chi connectivity index (χ2v) is 4.75. The summed E-state index contributed by atoms with van der Waals surface area (Å²) in [5, 5.41) is 7.61. The molecule has 0 aromatic carbocycles. The van der Waals surface area contributed by atoms with Crippen LogP contribution in [-0.2, 0) is 13.0 Å². The fraction of sp³-hybridized carbons (Fsp3) is 0.455. The van der Waals surface area contributed by atoms with Crippen molar-refractivity contribution in [3.8, 4) is 0 Å². The normalized spacial score (nSPS) is 10.9. The van der Waals surface area contributed by atoms with E-state index in [9.17, 15) is 0 Å². The molecule has 0 bridgehead atoms. The van der Waals surface area contributed by atoms with Gasteiger partial charge in [-0.25, -0.2) is 4.98 Å². The average molecular weight is 236 g/mol. The Balaban J connectivity index is 2.25. The van der Waals surface area contributed by atoms with E-state index >= 15 is 0 Å². The Hall–Kier alpha value is -1.20. The van der Waals surface area contributed by atoms with E-state index in [4.69, 9.17) is 5.73 Å². The van der Waals surface area contributed by atoms with Crippen LogP contribution in [0.4, 0.5) is 0 Å². The highest BCUT2D eigenvalue weighted by molar-refractivity contribution is 7.09. The van der Waals surface area contributed by atoms with Gasteiger partial charge in [0.05, 0.1) is 12.2 Å². The highest BCUT2D eigenvalue weighted by Crippen LogP contribution is 2.15. The predicted octanol–water partition coefficient (Wildman–Crippen LogP) is 1.51. The summed E-state index contributed by atoms with van der Waals surface area (Å²) in [5.74, 6) is 0. The van der Waals surface area contributed by atoms with Gasteiger partial charge < -0.3 is 5.73 Å². The molecule has 2 heterocycles. The second kappa shape index (κ2) is 4.76. The largest absolute Gasteiger partial charge is 0.330 e. The number of hydrogen-bond acceptors (Lipinski definition) is 4. The van der Waals surface area contributed by atoms with Crippen molar-refractivity contribution in [2.24, 2.45) is 5.73 Å². The van der Waals surface area contributed by atoms with E-state index in [0.717, 1.165) is 23.7 Å². The summed E-state index contributed by atoms with van der Waals surface area (Å²) in [4.78, 5) is 4.27. The summed E-state index contributed by atoms with van der Waals surface area (Å²) in [5.41, 5.74) is 9.16. The van der Waals surface area contributed by atoms with Gasteiger partial charge in [-0.3, -0.25) is 4.68 Å². The zero-order chi connectivity index (χ0) is 11.5. The molecule has 2 rings (SSSR count). The van der Waals surface area contributed by atoms with Crippen LogP contribution in [0.1, 0.15) is 22.0 Å². The molecule has 0 aliphatic carbocycles. The van der Waals surface area contributed by atoms with Crippen molar-refractivity contribution in [2.75, 3.05) is 6.54 Å². The zero-order valence-corrected chi connectivity index (χ0v) is 10.4. The summed E-state index contributed by atoms with van der Waals surface area (Å²) in [6, 6.07) is 0. The molecule has 0 aliphatic rings. The molecular formula is C11H16N4S. The first kappa shape index (κ1) is 11.3. The van der Waals surface area contributed by atoms with Crippen molar-refractivity contribution >= 4 is 11.3 Å². The van der Waals surface area contributed by atoms with Crippen LogP contribution in [0.3, 0.4) is 0 Å². The minimum Gasteiger partial charge on any atom is -0.330 e. The van der Waals surface area contributed by atoms with Crippen LogP contribution in [-0.4, -0.2) is 21.3 Å². The van der Waals surface area contributed by atoms with Crippen LogP contribution >= 0.6 is 11.3 Å². The highest BCUT2D eigenvalue weighted by atomic mass is 32.1. The fourth-order valence-corrected chi connectivity index (χ4v) is 2.45. The SMILES string of the molecule is Cc1nn(Cc2nccs2)c(C)c1CCN. The molecule has 0 spiro atoms. The minimum atomic E-state index is 0.671. The number of aromatic nitrogens is 3. The molecule has 16 heavy (non-hydrogen) atoms. The van der Waals surface area contributed by atoms with Crippen LogP contribution in [0.15, 0.2) is 11.6 Å². The summed E-state index contributed by atoms with van der Waals surface area (Å²) in [6.07, 6.45) is 2.72. The Labute approximate surface area is 99.1 Å². The maximum Gasteiger partial charge on any atom is 0.114 e. The number of aryl methyl sites for hydroxylation is 1. The van der Waals surface area contributed by atoms with Gasteiger partial charge in [-0.2, -0.15) is 5.10 Å². The molecular weight excluding hydrogens is 220 g/mol. The lowest BCUT2D eigenvalue weighted by Crippen LogP contribution is -2.06. The molecule has 5 heteroatoms. The third-order valence-electron chi connectivity index (χ3n) is 2.69. The molecule has 2 N–H and O–H groups in total. The molecule has 2 aromatic rings. The van der Waals surface area contributed by atoms with Crippen molar-refractivity contribution in [1.29, 1.82) is 0 Å². The van der Waals surface area contributed by atoms with Gasteiger partial charge in [-0.1, -0.05) is 0 Å². The van der Waals surface area contributed by atoms with Gasteiger partial charge in [-0.05, 0) is 32.4 Å². The lowest BCUT2D eigenvalue weighted by Gasteiger charge is -2.02. The minimum absolute atomic E-state index is 0.671. The van der Waals surface area contributed by atoms with Crippen molar-refractivity contribution in [3.63, 3.8) is 0 Å². The van der Waals surface area contributed by atoms with E-state index < -0.39 is 0 Å². The van der Waals surface area contributed by atoms with E-state index in [2.05, 4.69) is 17.0 Å². The Bertz CT molecular complexity index is 459. The molecule has 4 nitrogen and oxygen atoms in total. The lowest BCUT2D eigenvalue weighted by molar-refractivity contribution is 0.655. The molecule has 86 valence electrons. The van der Waals surface area contributed by atoms with Gasteiger partial charge in [0.15, 0.2) is 0 Å². The molecule has 0 atom stereocenters. The number of thiazole rings is 1. The number of nitrogens with zero attached hydrogens (tertiary/aromatic N) is 3. The second-order valence-electron chi connectivity index (χ2n) is 3.77. The Morgan fingerprint density at radius 3 is 2.88 bits per heavy atom. The summed E-state index contributed by atoms with van der Waals surface area (Å²) >= 11 is 1.66. The van der Waals surface area contributed by atoms with Crippen molar-refractivity contribution in [1.82, 2.24) is 14.8 Å². The van der Waals surface area contributed by atoms with Gasteiger partial charge in [0.1, 0.15) is 5.01 Å². The van der Waals surface area contributed by atoms with E-state index in [1.807, 2.05) is 23.2 Å². The van der Waals surface area contributed by atoms with Crippen molar-refractivity contribution in [2.45, 2.75) is 26.8 Å². The van der Waals surface area contributed by atoms with E-state index in [1.54, 1.807) is 11.3 Å². The highest BCUT2D eigenvalue weighted by Gasteiger charge is 2.11. The monoisotopic (exact) mass is 236 g/mol. The van der Waals surface area contributed by atoms with Gasteiger partial charge in [-0.15, -0.1) is 11.3 Å². The molecule has 0 unspecified atom stereocenters. The van der Waals surface area contributed by atoms with Gasteiger partial charge in [0, 0.05) is 17.3 Å². The maximum absolute atomic E-state index is 5.60. The van der Waals surface area contributed by atoms with Gasteiger partial charge >= 0.3 is 0 Å². The fourth-order valence-electron chi connectivity index (χ4n) is 1.85. The number of nitrogens with two attached hydrogens (primary N) is 1. The molecule has 0 saturated heterocycles. The topological polar surface area (TPSA) is 56.7 Å². The third-order valence-corrected chi connectivity index (χ3v) is 3.46. The van der Waals surface area contributed by atoms with Crippen LogP contribution in [0.25, 0.3) is 0 Å². The number of rotatable bonds is 4. The van der Waals surface area contributed by atoms with Crippen LogP contribution in [0, 0.1) is 13.8 Å². The smallest absolute Gasteiger partial charge is 0.114 e. The number of hydrogen-bond donors (Lipinski definition) is 1. The quantitative estimate of drug-likeness (QED) is 0.875. The van der Waals surface area contributed by atoms with Crippen LogP contribution in [0.5, 0.6) is 0 Å². The van der Waals surface area contributed by atoms with Crippen LogP contribution in [0.2, 0.25) is 0 Å². The zero-order valence-electron chi connectivity index (χ0n) is 9.60. The average Bonchev–Trinajstić information content (AvgIpc) is 2.84. The van der Waals surface area contributed by atoms with Gasteiger partial charge in [0.2, 0.25) is 0 Å². The van der Waals surface area contributed by atoms with Gasteiger partial charge in [0.25, 0.3) is 0 Å². The molecule has 0 amide bonds.